The lowest BCUT2D eigenvalue weighted by molar-refractivity contribution is -0.122. The minimum absolute atomic E-state index is 0.0599. The van der Waals surface area contributed by atoms with Crippen LogP contribution in [-0.4, -0.2) is 15.9 Å². The number of aromatic nitrogens is 2. The molecule has 1 atom stereocenters. The largest absolute Gasteiger partial charge is 0.348 e. The summed E-state index contributed by atoms with van der Waals surface area (Å²) in [5.74, 6) is 0.427. The third kappa shape index (κ3) is 4.28. The van der Waals surface area contributed by atoms with Gasteiger partial charge in [0.15, 0.2) is 0 Å². The van der Waals surface area contributed by atoms with E-state index < -0.39 is 11.2 Å². The van der Waals surface area contributed by atoms with E-state index in [-0.39, 0.29) is 18.4 Å². The first kappa shape index (κ1) is 17.7. The zero-order valence-electron chi connectivity index (χ0n) is 14.3. The fourth-order valence-corrected chi connectivity index (χ4v) is 4.46. The molecule has 0 bridgehead atoms. The van der Waals surface area contributed by atoms with Crippen LogP contribution >= 0.6 is 11.3 Å². The van der Waals surface area contributed by atoms with E-state index in [0.717, 1.165) is 12.8 Å². The summed E-state index contributed by atoms with van der Waals surface area (Å²) in [7, 11) is 0. The summed E-state index contributed by atoms with van der Waals surface area (Å²) in [5.41, 5.74) is 0.0461. The Kier molecular flexibility index (Phi) is 5.53. The van der Waals surface area contributed by atoms with E-state index in [0.29, 0.717) is 23.6 Å². The highest BCUT2D eigenvalue weighted by atomic mass is 32.1. The summed E-state index contributed by atoms with van der Waals surface area (Å²) >= 11 is 1.67. The lowest BCUT2D eigenvalue weighted by atomic mass is 9.96. The SMILES string of the molecule is Cc1[nH]c(=O)[nH]c(=O)c1CCC(=O)NC(c1cccs1)C1CCCC1. The minimum Gasteiger partial charge on any atom is -0.348 e. The molecule has 1 amide bonds. The first-order chi connectivity index (χ1) is 12.0. The molecule has 7 heteroatoms. The molecule has 1 aliphatic carbocycles. The lowest BCUT2D eigenvalue weighted by Crippen LogP contribution is -2.33. The number of aromatic amines is 2. The molecule has 0 aromatic carbocycles. The Morgan fingerprint density at radius 1 is 1.32 bits per heavy atom. The predicted molar refractivity (Wildman–Crippen MR) is 97.9 cm³/mol. The molecule has 3 N–H and O–H groups in total. The van der Waals surface area contributed by atoms with Crippen LogP contribution in [0.3, 0.4) is 0 Å². The van der Waals surface area contributed by atoms with Gasteiger partial charge in [0.1, 0.15) is 0 Å². The molecular formula is C18H23N3O3S. The number of carbonyl (C=O) groups excluding carboxylic acids is 1. The van der Waals surface area contributed by atoms with Crippen molar-refractivity contribution in [2.24, 2.45) is 5.92 Å². The quantitative estimate of drug-likeness (QED) is 0.737. The molecule has 0 spiro atoms. The second-order valence-electron chi connectivity index (χ2n) is 6.62. The van der Waals surface area contributed by atoms with E-state index in [4.69, 9.17) is 0 Å². The minimum atomic E-state index is -0.519. The highest BCUT2D eigenvalue weighted by Crippen LogP contribution is 2.37. The molecule has 6 nitrogen and oxygen atoms in total. The Bertz CT molecular complexity index is 832. The summed E-state index contributed by atoms with van der Waals surface area (Å²) in [6, 6.07) is 4.15. The molecular weight excluding hydrogens is 338 g/mol. The maximum Gasteiger partial charge on any atom is 0.325 e. The van der Waals surface area contributed by atoms with Crippen molar-refractivity contribution in [2.45, 2.75) is 51.5 Å². The van der Waals surface area contributed by atoms with Crippen LogP contribution in [0.5, 0.6) is 0 Å². The van der Waals surface area contributed by atoms with Crippen LogP contribution in [-0.2, 0) is 11.2 Å². The Morgan fingerprint density at radius 3 is 2.72 bits per heavy atom. The molecule has 0 aliphatic heterocycles. The van der Waals surface area contributed by atoms with Crippen LogP contribution in [0.15, 0.2) is 27.1 Å². The number of amides is 1. The molecule has 2 aromatic heterocycles. The molecule has 2 aromatic rings. The van der Waals surface area contributed by atoms with Crippen LogP contribution in [0.25, 0.3) is 0 Å². The number of H-pyrrole nitrogens is 2. The summed E-state index contributed by atoms with van der Waals surface area (Å²) in [5, 5.41) is 5.20. The van der Waals surface area contributed by atoms with Crippen molar-refractivity contribution in [1.29, 1.82) is 0 Å². The molecule has 1 unspecified atom stereocenters. The van der Waals surface area contributed by atoms with Crippen molar-refractivity contribution in [3.05, 3.63) is 54.5 Å². The van der Waals surface area contributed by atoms with E-state index in [1.165, 1.54) is 17.7 Å². The number of nitrogens with one attached hydrogen (secondary N) is 3. The standard InChI is InChI=1S/C18H23N3O3S/c1-11-13(17(23)21-18(24)19-11)8-9-15(22)20-16(12-5-2-3-6-12)14-7-4-10-25-14/h4,7,10,12,16H,2-3,5-6,8-9H2,1H3,(H,20,22)(H2,19,21,23,24). The first-order valence-electron chi connectivity index (χ1n) is 8.69. The van der Waals surface area contributed by atoms with Gasteiger partial charge in [0.2, 0.25) is 5.91 Å². The second kappa shape index (κ2) is 7.82. The van der Waals surface area contributed by atoms with Crippen LogP contribution in [0.1, 0.15) is 54.3 Å². The summed E-state index contributed by atoms with van der Waals surface area (Å²) < 4.78 is 0. The highest BCUT2D eigenvalue weighted by molar-refractivity contribution is 7.10. The van der Waals surface area contributed by atoms with E-state index in [2.05, 4.69) is 21.4 Å². The van der Waals surface area contributed by atoms with Gasteiger partial charge in [0.05, 0.1) is 6.04 Å². The van der Waals surface area contributed by atoms with E-state index in [1.807, 2.05) is 11.4 Å². The second-order valence-corrected chi connectivity index (χ2v) is 7.60. The van der Waals surface area contributed by atoms with Crippen LogP contribution in [0.4, 0.5) is 0 Å². The fourth-order valence-electron chi connectivity index (χ4n) is 3.59. The molecule has 2 heterocycles. The highest BCUT2D eigenvalue weighted by Gasteiger charge is 2.28. The van der Waals surface area contributed by atoms with Gasteiger partial charge >= 0.3 is 5.69 Å². The first-order valence-corrected chi connectivity index (χ1v) is 9.57. The third-order valence-electron chi connectivity index (χ3n) is 4.89. The number of carbonyl (C=O) groups is 1. The normalized spacial score (nSPS) is 16.0. The van der Waals surface area contributed by atoms with Gasteiger partial charge in [-0.05, 0) is 43.6 Å². The van der Waals surface area contributed by atoms with Crippen molar-refractivity contribution in [1.82, 2.24) is 15.3 Å². The van der Waals surface area contributed by atoms with Gasteiger partial charge in [-0.25, -0.2) is 4.79 Å². The molecule has 25 heavy (non-hydrogen) atoms. The smallest absolute Gasteiger partial charge is 0.325 e. The fraction of sp³-hybridized carbons (Fsp3) is 0.500. The van der Waals surface area contributed by atoms with Crippen molar-refractivity contribution in [2.75, 3.05) is 0 Å². The van der Waals surface area contributed by atoms with Crippen LogP contribution < -0.4 is 16.6 Å². The average molecular weight is 361 g/mol. The van der Waals surface area contributed by atoms with Crippen molar-refractivity contribution < 1.29 is 4.79 Å². The number of rotatable bonds is 6. The Balaban J connectivity index is 1.66. The maximum atomic E-state index is 12.5. The zero-order chi connectivity index (χ0) is 17.8. The van der Waals surface area contributed by atoms with E-state index in [9.17, 15) is 14.4 Å². The van der Waals surface area contributed by atoms with Gasteiger partial charge in [-0.3, -0.25) is 14.6 Å². The maximum absolute atomic E-state index is 12.5. The molecule has 1 aliphatic rings. The van der Waals surface area contributed by atoms with Crippen molar-refractivity contribution in [3.63, 3.8) is 0 Å². The molecule has 1 fully saturated rings. The molecule has 0 saturated heterocycles. The van der Waals surface area contributed by atoms with Gasteiger partial charge in [-0.1, -0.05) is 18.9 Å². The van der Waals surface area contributed by atoms with Gasteiger partial charge in [0, 0.05) is 22.6 Å². The van der Waals surface area contributed by atoms with Gasteiger partial charge in [-0.15, -0.1) is 11.3 Å². The summed E-state index contributed by atoms with van der Waals surface area (Å²) in [6.45, 7) is 1.68. The van der Waals surface area contributed by atoms with Crippen LogP contribution in [0, 0.1) is 12.8 Å². The number of thiophene rings is 1. The Morgan fingerprint density at radius 2 is 2.08 bits per heavy atom. The Hall–Kier alpha value is -2.15. The number of aryl methyl sites for hydroxylation is 1. The van der Waals surface area contributed by atoms with Crippen LogP contribution in [0.2, 0.25) is 0 Å². The monoisotopic (exact) mass is 361 g/mol. The lowest BCUT2D eigenvalue weighted by Gasteiger charge is -2.23. The molecule has 3 rings (SSSR count). The molecule has 1 saturated carbocycles. The summed E-state index contributed by atoms with van der Waals surface area (Å²) in [6.07, 6.45) is 5.25. The van der Waals surface area contributed by atoms with Crippen molar-refractivity contribution >= 4 is 17.2 Å². The van der Waals surface area contributed by atoms with Gasteiger partial charge in [0.25, 0.3) is 5.56 Å². The van der Waals surface area contributed by atoms with E-state index >= 15 is 0 Å². The number of hydrogen-bond donors (Lipinski definition) is 3. The molecule has 134 valence electrons. The summed E-state index contributed by atoms with van der Waals surface area (Å²) in [4.78, 5) is 41.6. The average Bonchev–Trinajstić information content (AvgIpc) is 3.25. The third-order valence-corrected chi connectivity index (χ3v) is 5.85. The van der Waals surface area contributed by atoms with Gasteiger partial charge in [-0.2, -0.15) is 0 Å². The van der Waals surface area contributed by atoms with E-state index in [1.54, 1.807) is 18.3 Å². The van der Waals surface area contributed by atoms with Gasteiger partial charge < -0.3 is 10.3 Å². The Labute approximate surface area is 149 Å². The molecule has 0 radical (unpaired) electrons. The van der Waals surface area contributed by atoms with Crippen molar-refractivity contribution in [3.8, 4) is 0 Å². The number of hydrogen-bond acceptors (Lipinski definition) is 4. The zero-order valence-corrected chi connectivity index (χ0v) is 15.1. The topological polar surface area (TPSA) is 94.8 Å². The predicted octanol–water partition coefficient (Wildman–Crippen LogP) is 2.41.